The van der Waals surface area contributed by atoms with Crippen LogP contribution in [0.25, 0.3) is 10.6 Å². The summed E-state index contributed by atoms with van der Waals surface area (Å²) in [6, 6.07) is 6.69. The smallest absolute Gasteiger partial charge is 0.140 e. The molecule has 0 atom stereocenters. The first-order valence-electron chi connectivity index (χ1n) is 11.4. The second-order valence-corrected chi connectivity index (χ2v) is 9.57. The Morgan fingerprint density at radius 1 is 0.963 bits per heavy atom. The minimum Gasteiger partial charge on any atom is -0.360 e. The first-order chi connectivity index (χ1) is 13.3. The SMILES string of the molecule is CCCCCCCC1CCC(c2cc(-c3ccc(CCCC)s3)no2)CC1. The standard InChI is InChI=1S/C24H37NOS/c1-3-5-7-8-9-10-19-12-14-20(15-13-19)23-18-22(25-26-23)24-17-16-21(27-24)11-6-4-2/h16-20H,3-15H2,1-2H3. The Balaban J connectivity index is 1.45. The summed E-state index contributed by atoms with van der Waals surface area (Å²) in [5.74, 6) is 2.65. The zero-order valence-corrected chi connectivity index (χ0v) is 18.2. The van der Waals surface area contributed by atoms with Crippen molar-refractivity contribution in [3.05, 3.63) is 28.8 Å². The Bertz CT molecular complexity index is 651. The molecule has 1 aliphatic rings. The van der Waals surface area contributed by atoms with Crippen LogP contribution in [0.3, 0.4) is 0 Å². The molecule has 0 spiro atoms. The molecular weight excluding hydrogens is 350 g/mol. The average Bonchev–Trinajstić information content (AvgIpc) is 3.36. The minimum absolute atomic E-state index is 0.585. The third-order valence-electron chi connectivity index (χ3n) is 6.18. The van der Waals surface area contributed by atoms with Gasteiger partial charge in [0.15, 0.2) is 0 Å². The highest BCUT2D eigenvalue weighted by atomic mass is 32.1. The zero-order valence-electron chi connectivity index (χ0n) is 17.3. The highest BCUT2D eigenvalue weighted by Gasteiger charge is 2.25. The molecule has 0 unspecified atom stereocenters. The van der Waals surface area contributed by atoms with Crippen LogP contribution in [0.4, 0.5) is 0 Å². The van der Waals surface area contributed by atoms with Crippen molar-refractivity contribution in [2.24, 2.45) is 5.92 Å². The van der Waals surface area contributed by atoms with Gasteiger partial charge in [0.1, 0.15) is 11.5 Å². The van der Waals surface area contributed by atoms with Crippen LogP contribution >= 0.6 is 11.3 Å². The van der Waals surface area contributed by atoms with Gasteiger partial charge in [0, 0.05) is 16.9 Å². The van der Waals surface area contributed by atoms with Crippen molar-refractivity contribution in [3.8, 4) is 10.6 Å². The third kappa shape index (κ3) is 6.20. The summed E-state index contributed by atoms with van der Waals surface area (Å²) in [5.41, 5.74) is 1.04. The molecule has 0 saturated heterocycles. The largest absolute Gasteiger partial charge is 0.360 e. The van der Waals surface area contributed by atoms with E-state index in [0.29, 0.717) is 5.92 Å². The van der Waals surface area contributed by atoms with Crippen molar-refractivity contribution < 1.29 is 4.52 Å². The van der Waals surface area contributed by atoms with Gasteiger partial charge in [0.05, 0.1) is 4.88 Å². The van der Waals surface area contributed by atoms with Gasteiger partial charge in [-0.3, -0.25) is 0 Å². The number of nitrogens with zero attached hydrogens (tertiary/aromatic N) is 1. The predicted octanol–water partition coefficient (Wildman–Crippen LogP) is 8.38. The average molecular weight is 388 g/mol. The predicted molar refractivity (Wildman–Crippen MR) is 117 cm³/mol. The van der Waals surface area contributed by atoms with Crippen molar-refractivity contribution in [2.45, 2.75) is 103 Å². The van der Waals surface area contributed by atoms with E-state index in [-0.39, 0.29) is 0 Å². The van der Waals surface area contributed by atoms with Gasteiger partial charge >= 0.3 is 0 Å². The van der Waals surface area contributed by atoms with Crippen LogP contribution in [-0.2, 0) is 6.42 Å². The summed E-state index contributed by atoms with van der Waals surface area (Å²) < 4.78 is 5.77. The Kier molecular flexibility index (Phi) is 8.44. The lowest BCUT2D eigenvalue weighted by atomic mass is 9.79. The molecule has 0 aromatic carbocycles. The molecule has 1 fully saturated rings. The van der Waals surface area contributed by atoms with Crippen LogP contribution in [0, 0.1) is 5.92 Å². The number of hydrogen-bond acceptors (Lipinski definition) is 3. The van der Waals surface area contributed by atoms with E-state index in [1.165, 1.54) is 93.2 Å². The fourth-order valence-corrected chi connectivity index (χ4v) is 5.37. The molecule has 2 aromatic rings. The summed E-state index contributed by atoms with van der Waals surface area (Å²) in [6.45, 7) is 4.54. The lowest BCUT2D eigenvalue weighted by Gasteiger charge is -2.26. The van der Waals surface area contributed by atoms with Gasteiger partial charge in [-0.2, -0.15) is 0 Å². The molecule has 0 N–H and O–H groups in total. The summed E-state index contributed by atoms with van der Waals surface area (Å²) in [7, 11) is 0. The van der Waals surface area contributed by atoms with Gasteiger partial charge in [-0.25, -0.2) is 0 Å². The Morgan fingerprint density at radius 3 is 2.52 bits per heavy atom. The molecule has 150 valence electrons. The van der Waals surface area contributed by atoms with Crippen molar-refractivity contribution in [1.82, 2.24) is 5.16 Å². The second-order valence-electron chi connectivity index (χ2n) is 8.40. The molecule has 0 bridgehead atoms. The fourth-order valence-electron chi connectivity index (χ4n) is 4.37. The van der Waals surface area contributed by atoms with Gasteiger partial charge in [0.2, 0.25) is 0 Å². The molecule has 3 rings (SSSR count). The number of hydrogen-bond donors (Lipinski definition) is 0. The van der Waals surface area contributed by atoms with Crippen molar-refractivity contribution >= 4 is 11.3 Å². The Labute approximate surface area is 169 Å². The second kappa shape index (κ2) is 11.0. The van der Waals surface area contributed by atoms with E-state index in [4.69, 9.17) is 4.52 Å². The monoisotopic (exact) mass is 387 g/mol. The van der Waals surface area contributed by atoms with Crippen LogP contribution < -0.4 is 0 Å². The van der Waals surface area contributed by atoms with Gasteiger partial charge < -0.3 is 4.52 Å². The minimum atomic E-state index is 0.585. The summed E-state index contributed by atoms with van der Waals surface area (Å²) in [6.07, 6.45) is 17.5. The van der Waals surface area contributed by atoms with E-state index in [1.54, 1.807) is 0 Å². The lowest BCUT2D eigenvalue weighted by molar-refractivity contribution is 0.264. The molecule has 2 heterocycles. The van der Waals surface area contributed by atoms with Gasteiger partial charge in [-0.15, -0.1) is 11.3 Å². The quantitative estimate of drug-likeness (QED) is 0.362. The van der Waals surface area contributed by atoms with E-state index >= 15 is 0 Å². The Hall–Kier alpha value is -1.09. The highest BCUT2D eigenvalue weighted by Crippen LogP contribution is 2.39. The number of unbranched alkanes of at least 4 members (excludes halogenated alkanes) is 5. The Morgan fingerprint density at radius 2 is 1.74 bits per heavy atom. The molecule has 0 amide bonds. The molecule has 2 aromatic heterocycles. The molecule has 1 saturated carbocycles. The third-order valence-corrected chi connectivity index (χ3v) is 7.35. The number of thiophene rings is 1. The first-order valence-corrected chi connectivity index (χ1v) is 12.2. The van der Waals surface area contributed by atoms with Crippen LogP contribution in [0.5, 0.6) is 0 Å². The van der Waals surface area contributed by atoms with Crippen molar-refractivity contribution in [2.75, 3.05) is 0 Å². The van der Waals surface area contributed by atoms with E-state index in [0.717, 1.165) is 17.4 Å². The van der Waals surface area contributed by atoms with E-state index in [1.807, 2.05) is 11.3 Å². The van der Waals surface area contributed by atoms with Gasteiger partial charge in [-0.1, -0.05) is 63.9 Å². The molecule has 0 radical (unpaired) electrons. The van der Waals surface area contributed by atoms with Gasteiger partial charge in [0.25, 0.3) is 0 Å². The normalized spacial score (nSPS) is 20.2. The summed E-state index contributed by atoms with van der Waals surface area (Å²) in [5, 5.41) is 4.39. The first kappa shape index (κ1) is 20.6. The molecule has 0 aliphatic heterocycles. The maximum atomic E-state index is 5.77. The molecule has 2 nitrogen and oxygen atoms in total. The number of aromatic nitrogens is 1. The fraction of sp³-hybridized carbons (Fsp3) is 0.708. The maximum absolute atomic E-state index is 5.77. The molecule has 27 heavy (non-hydrogen) atoms. The lowest BCUT2D eigenvalue weighted by Crippen LogP contribution is -2.13. The number of rotatable bonds is 11. The van der Waals surface area contributed by atoms with Crippen molar-refractivity contribution in [1.29, 1.82) is 0 Å². The maximum Gasteiger partial charge on any atom is 0.140 e. The van der Waals surface area contributed by atoms with E-state index < -0.39 is 0 Å². The van der Waals surface area contributed by atoms with E-state index in [9.17, 15) is 0 Å². The summed E-state index contributed by atoms with van der Waals surface area (Å²) in [4.78, 5) is 2.73. The molecule has 1 aliphatic carbocycles. The van der Waals surface area contributed by atoms with Crippen molar-refractivity contribution in [3.63, 3.8) is 0 Å². The van der Waals surface area contributed by atoms with Gasteiger partial charge in [-0.05, 0) is 56.6 Å². The topological polar surface area (TPSA) is 26.0 Å². The summed E-state index contributed by atoms with van der Waals surface area (Å²) >= 11 is 1.88. The molecule has 3 heteroatoms. The number of aryl methyl sites for hydroxylation is 1. The molecular formula is C24H37NOS. The van der Waals surface area contributed by atoms with E-state index in [2.05, 4.69) is 37.2 Å². The van der Waals surface area contributed by atoms with Crippen LogP contribution in [0.1, 0.15) is 107 Å². The van der Waals surface area contributed by atoms with Crippen LogP contribution in [0.2, 0.25) is 0 Å². The zero-order chi connectivity index (χ0) is 18.9. The highest BCUT2D eigenvalue weighted by molar-refractivity contribution is 7.15. The van der Waals surface area contributed by atoms with Crippen LogP contribution in [0.15, 0.2) is 22.7 Å². The van der Waals surface area contributed by atoms with Crippen LogP contribution in [-0.4, -0.2) is 5.16 Å².